The quantitative estimate of drug-likeness (QED) is 0.652. The first-order chi connectivity index (χ1) is 8.29. The van der Waals surface area contributed by atoms with Gasteiger partial charge in [-0.1, -0.05) is 0 Å². The van der Waals surface area contributed by atoms with Gasteiger partial charge in [-0.25, -0.2) is 4.79 Å². The van der Waals surface area contributed by atoms with Crippen LogP contribution in [0.25, 0.3) is 0 Å². The number of esters is 1. The van der Waals surface area contributed by atoms with Crippen molar-refractivity contribution < 1.29 is 14.3 Å². The molecule has 0 unspecified atom stereocenters. The molecule has 1 aromatic heterocycles. The Morgan fingerprint density at radius 2 is 2.06 bits per heavy atom. The molecular weight excluding hydrogens is 232 g/mol. The number of nitrogens with one attached hydrogen (secondary N) is 1. The van der Waals surface area contributed by atoms with Gasteiger partial charge in [0.15, 0.2) is 0 Å². The number of carbonyl (C=O) groups excluding carboxylic acids is 2. The summed E-state index contributed by atoms with van der Waals surface area (Å²) in [4.78, 5) is 27.6. The summed E-state index contributed by atoms with van der Waals surface area (Å²) in [5, 5.41) is 0. The van der Waals surface area contributed by atoms with Crippen LogP contribution in [0.2, 0.25) is 0 Å². The van der Waals surface area contributed by atoms with E-state index in [2.05, 4.69) is 4.98 Å². The van der Waals surface area contributed by atoms with Gasteiger partial charge in [-0.2, -0.15) is 0 Å². The molecule has 0 saturated carbocycles. The van der Waals surface area contributed by atoms with E-state index in [1.807, 2.05) is 18.5 Å². The topological polar surface area (TPSA) is 62.4 Å². The highest BCUT2D eigenvalue weighted by atomic mass is 16.6. The van der Waals surface area contributed by atoms with Crippen molar-refractivity contribution in [2.24, 2.45) is 0 Å². The van der Waals surface area contributed by atoms with Crippen LogP contribution in [0.5, 0.6) is 0 Å². The third-order valence-corrected chi connectivity index (χ3v) is 2.32. The maximum absolute atomic E-state index is 11.7. The minimum Gasteiger partial charge on any atom is -0.453 e. The number of hydrogen-bond donors (Lipinski definition) is 1. The normalized spacial score (nSPS) is 11.1. The summed E-state index contributed by atoms with van der Waals surface area (Å²) >= 11 is 0. The molecule has 0 fully saturated rings. The zero-order valence-electron chi connectivity index (χ0n) is 11.3. The monoisotopic (exact) mass is 252 g/mol. The van der Waals surface area contributed by atoms with Gasteiger partial charge in [0, 0.05) is 26.0 Å². The Bertz CT molecular complexity index is 404. The van der Waals surface area contributed by atoms with Crippen LogP contribution in [-0.4, -0.2) is 41.0 Å². The number of hydrogen-bond acceptors (Lipinski definition) is 3. The standard InChI is InChI=1S/C13H20N2O3/c1-13(2,3)18-12(17)11(16)15(4)8-6-10-5-7-14-9-10/h5,7,9,14H,6,8H2,1-4H3. The highest BCUT2D eigenvalue weighted by Crippen LogP contribution is 2.08. The Morgan fingerprint density at radius 1 is 1.39 bits per heavy atom. The highest BCUT2D eigenvalue weighted by molar-refractivity contribution is 6.32. The number of carbonyl (C=O) groups is 2. The molecule has 5 heteroatoms. The van der Waals surface area contributed by atoms with Gasteiger partial charge in [0.1, 0.15) is 5.60 Å². The third kappa shape index (κ3) is 4.61. The Kier molecular flexibility index (Phi) is 4.53. The van der Waals surface area contributed by atoms with Crippen molar-refractivity contribution in [1.29, 1.82) is 0 Å². The first-order valence-corrected chi connectivity index (χ1v) is 5.90. The lowest BCUT2D eigenvalue weighted by Crippen LogP contribution is -2.39. The van der Waals surface area contributed by atoms with Crippen LogP contribution in [0, 0.1) is 0 Å². The summed E-state index contributed by atoms with van der Waals surface area (Å²) in [5.74, 6) is -1.42. The molecule has 1 amide bonds. The lowest BCUT2D eigenvalue weighted by molar-refractivity contribution is -0.167. The number of rotatable bonds is 3. The molecule has 0 radical (unpaired) electrons. The molecule has 0 spiro atoms. The average molecular weight is 252 g/mol. The molecule has 1 N–H and O–H groups in total. The predicted octanol–water partition coefficient (Wildman–Crippen LogP) is 1.36. The van der Waals surface area contributed by atoms with E-state index >= 15 is 0 Å². The minimum atomic E-state index is -0.806. The van der Waals surface area contributed by atoms with Crippen LogP contribution in [0.3, 0.4) is 0 Å². The maximum Gasteiger partial charge on any atom is 0.397 e. The van der Waals surface area contributed by atoms with Gasteiger partial charge in [0.25, 0.3) is 0 Å². The fraction of sp³-hybridized carbons (Fsp3) is 0.538. The van der Waals surface area contributed by atoms with Gasteiger partial charge in [-0.05, 0) is 38.8 Å². The van der Waals surface area contributed by atoms with Gasteiger partial charge < -0.3 is 14.6 Å². The van der Waals surface area contributed by atoms with E-state index in [4.69, 9.17) is 4.74 Å². The summed E-state index contributed by atoms with van der Waals surface area (Å²) in [6, 6.07) is 1.94. The lowest BCUT2D eigenvalue weighted by Gasteiger charge is -2.21. The van der Waals surface area contributed by atoms with Crippen molar-refractivity contribution in [3.63, 3.8) is 0 Å². The number of nitrogens with zero attached hydrogens (tertiary/aromatic N) is 1. The number of H-pyrrole nitrogens is 1. The Labute approximate surface area is 107 Å². The Balaban J connectivity index is 2.43. The lowest BCUT2D eigenvalue weighted by atomic mass is 10.2. The fourth-order valence-electron chi connectivity index (χ4n) is 1.39. The molecule has 5 nitrogen and oxygen atoms in total. The van der Waals surface area contributed by atoms with Gasteiger partial charge in [0.2, 0.25) is 0 Å². The highest BCUT2D eigenvalue weighted by Gasteiger charge is 2.25. The second kappa shape index (κ2) is 5.71. The van der Waals surface area contributed by atoms with Gasteiger partial charge in [-0.15, -0.1) is 0 Å². The van der Waals surface area contributed by atoms with Crippen molar-refractivity contribution in [3.05, 3.63) is 24.0 Å². The molecule has 0 aliphatic heterocycles. The van der Waals surface area contributed by atoms with Crippen LogP contribution in [0.1, 0.15) is 26.3 Å². The maximum atomic E-state index is 11.7. The molecule has 1 aromatic rings. The van der Waals surface area contributed by atoms with Crippen LogP contribution in [0.15, 0.2) is 18.5 Å². The van der Waals surface area contributed by atoms with Crippen molar-refractivity contribution in [2.75, 3.05) is 13.6 Å². The van der Waals surface area contributed by atoms with Crippen molar-refractivity contribution in [2.45, 2.75) is 32.8 Å². The summed E-state index contributed by atoms with van der Waals surface area (Å²) in [5.41, 5.74) is 0.452. The zero-order chi connectivity index (χ0) is 13.8. The molecule has 0 bridgehead atoms. The average Bonchev–Trinajstić information content (AvgIpc) is 2.75. The third-order valence-electron chi connectivity index (χ3n) is 2.32. The Morgan fingerprint density at radius 3 is 2.56 bits per heavy atom. The number of aromatic nitrogens is 1. The molecule has 18 heavy (non-hydrogen) atoms. The van der Waals surface area contributed by atoms with Crippen LogP contribution < -0.4 is 0 Å². The first kappa shape index (κ1) is 14.3. The minimum absolute atomic E-state index is 0.482. The summed E-state index contributed by atoms with van der Waals surface area (Å²) in [6.45, 7) is 5.68. The number of ether oxygens (including phenoxy) is 1. The molecular formula is C13H20N2O3. The van der Waals surface area contributed by atoms with Gasteiger partial charge in [0.05, 0.1) is 0 Å². The number of amides is 1. The molecule has 0 atom stereocenters. The molecule has 0 aromatic carbocycles. The summed E-state index contributed by atoms with van der Waals surface area (Å²) in [6.07, 6.45) is 4.39. The zero-order valence-corrected chi connectivity index (χ0v) is 11.3. The second-order valence-electron chi connectivity index (χ2n) is 5.20. The van der Waals surface area contributed by atoms with Crippen LogP contribution >= 0.6 is 0 Å². The second-order valence-corrected chi connectivity index (χ2v) is 5.20. The number of likely N-dealkylation sites (N-methyl/N-ethyl adjacent to an activating group) is 1. The fourth-order valence-corrected chi connectivity index (χ4v) is 1.39. The smallest absolute Gasteiger partial charge is 0.397 e. The van der Waals surface area contributed by atoms with E-state index < -0.39 is 17.5 Å². The van der Waals surface area contributed by atoms with E-state index in [-0.39, 0.29) is 0 Å². The predicted molar refractivity (Wildman–Crippen MR) is 68.0 cm³/mol. The van der Waals surface area contributed by atoms with E-state index in [1.165, 1.54) is 4.90 Å². The van der Waals surface area contributed by atoms with Crippen molar-refractivity contribution >= 4 is 11.9 Å². The van der Waals surface area contributed by atoms with E-state index in [0.29, 0.717) is 13.0 Å². The number of aromatic amines is 1. The SMILES string of the molecule is CN(CCc1cc[nH]c1)C(=O)C(=O)OC(C)(C)C. The van der Waals surface area contributed by atoms with Crippen LogP contribution in [-0.2, 0) is 20.7 Å². The largest absolute Gasteiger partial charge is 0.453 e. The van der Waals surface area contributed by atoms with Crippen LogP contribution in [0.4, 0.5) is 0 Å². The van der Waals surface area contributed by atoms with E-state index in [0.717, 1.165) is 5.56 Å². The molecule has 0 aliphatic carbocycles. The molecule has 0 aliphatic rings. The summed E-state index contributed by atoms with van der Waals surface area (Å²) in [7, 11) is 1.60. The van der Waals surface area contributed by atoms with Crippen molar-refractivity contribution in [3.8, 4) is 0 Å². The van der Waals surface area contributed by atoms with Gasteiger partial charge in [-0.3, -0.25) is 4.79 Å². The summed E-state index contributed by atoms with van der Waals surface area (Å²) < 4.78 is 5.02. The molecule has 1 heterocycles. The molecule has 1 rings (SSSR count). The molecule has 0 saturated heterocycles. The first-order valence-electron chi connectivity index (χ1n) is 5.90. The van der Waals surface area contributed by atoms with Gasteiger partial charge >= 0.3 is 11.9 Å². The molecule has 100 valence electrons. The Hall–Kier alpha value is -1.78. The van der Waals surface area contributed by atoms with E-state index in [1.54, 1.807) is 27.8 Å². The van der Waals surface area contributed by atoms with E-state index in [9.17, 15) is 9.59 Å². The van der Waals surface area contributed by atoms with Crippen molar-refractivity contribution in [1.82, 2.24) is 9.88 Å².